The summed E-state index contributed by atoms with van der Waals surface area (Å²) in [4.78, 5) is 31.4. The molecule has 0 radical (unpaired) electrons. The Morgan fingerprint density at radius 1 is 1.10 bits per heavy atom. The highest BCUT2D eigenvalue weighted by atomic mass is 35.5. The highest BCUT2D eigenvalue weighted by molar-refractivity contribution is 6.30. The van der Waals surface area contributed by atoms with Crippen LogP contribution in [0.3, 0.4) is 0 Å². The van der Waals surface area contributed by atoms with Crippen molar-refractivity contribution in [2.75, 3.05) is 24.7 Å². The van der Waals surface area contributed by atoms with Gasteiger partial charge in [-0.1, -0.05) is 36.5 Å². The van der Waals surface area contributed by atoms with Crippen LogP contribution < -0.4 is 10.7 Å². The summed E-state index contributed by atoms with van der Waals surface area (Å²) in [6, 6.07) is 3.79. The largest absolute Gasteiger partial charge is 0.439 e. The van der Waals surface area contributed by atoms with Crippen molar-refractivity contribution in [1.82, 2.24) is 29.7 Å². The van der Waals surface area contributed by atoms with E-state index in [1.54, 1.807) is 12.4 Å². The molecule has 1 saturated carbocycles. The van der Waals surface area contributed by atoms with E-state index in [0.29, 0.717) is 42.1 Å². The Bertz CT molecular complexity index is 1610. The number of nitrogens with one attached hydrogen (secondary N) is 1. The van der Waals surface area contributed by atoms with Crippen molar-refractivity contribution >= 4 is 28.6 Å². The van der Waals surface area contributed by atoms with E-state index in [9.17, 15) is 4.79 Å². The molecule has 0 bridgehead atoms. The van der Waals surface area contributed by atoms with Gasteiger partial charge >= 0.3 is 5.76 Å². The van der Waals surface area contributed by atoms with Crippen LogP contribution in [0.2, 0.25) is 5.02 Å². The molecule has 6 heterocycles. The van der Waals surface area contributed by atoms with Crippen molar-refractivity contribution in [3.8, 4) is 22.8 Å². The molecule has 2 aliphatic heterocycles. The lowest BCUT2D eigenvalue weighted by Gasteiger charge is -2.46. The minimum absolute atomic E-state index is 0.0589. The molecule has 2 saturated heterocycles. The zero-order valence-electron chi connectivity index (χ0n) is 23.3. The van der Waals surface area contributed by atoms with Crippen LogP contribution in [0, 0.1) is 11.8 Å². The van der Waals surface area contributed by atoms with E-state index < -0.39 is 5.76 Å². The topological polar surface area (TPSA) is 124 Å². The third kappa shape index (κ3) is 5.15. The van der Waals surface area contributed by atoms with Crippen molar-refractivity contribution in [2.45, 2.75) is 70.7 Å². The van der Waals surface area contributed by atoms with Crippen LogP contribution in [-0.2, 0) is 16.0 Å². The fourth-order valence-electron chi connectivity index (χ4n) is 6.65. The first kappa shape index (κ1) is 26.6. The number of hydrogen-bond acceptors (Lipinski definition) is 9. The first-order valence-corrected chi connectivity index (χ1v) is 14.9. The fraction of sp³-hybridized carbons (Fsp3) is 0.552. The number of aromatic amines is 1. The molecule has 4 aromatic heterocycles. The number of imidazole rings is 1. The van der Waals surface area contributed by atoms with Gasteiger partial charge < -0.3 is 18.9 Å². The molecule has 0 amide bonds. The zero-order valence-corrected chi connectivity index (χ0v) is 24.0. The summed E-state index contributed by atoms with van der Waals surface area (Å²) in [7, 11) is 0. The minimum atomic E-state index is -0.642. The van der Waals surface area contributed by atoms with Crippen LogP contribution in [0.25, 0.3) is 33.8 Å². The summed E-state index contributed by atoms with van der Waals surface area (Å²) in [5.41, 5.74) is 3.55. The molecule has 4 aromatic rings. The summed E-state index contributed by atoms with van der Waals surface area (Å²) < 4.78 is 19.4. The van der Waals surface area contributed by atoms with Crippen LogP contribution in [0.15, 0.2) is 33.8 Å². The maximum absolute atomic E-state index is 11.8. The number of morpholine rings is 1. The molecule has 0 spiro atoms. The molecule has 0 aromatic carbocycles. The van der Waals surface area contributed by atoms with Crippen LogP contribution >= 0.6 is 11.6 Å². The summed E-state index contributed by atoms with van der Waals surface area (Å²) in [5, 5.41) is 4.41. The van der Waals surface area contributed by atoms with Gasteiger partial charge in [0.1, 0.15) is 5.69 Å². The van der Waals surface area contributed by atoms with Crippen LogP contribution in [0.4, 0.5) is 5.95 Å². The molecule has 11 nitrogen and oxygen atoms in total. The average Bonchev–Trinajstić information content (AvgIpc) is 3.57. The molecule has 1 aliphatic carbocycles. The number of anilines is 1. The maximum atomic E-state index is 11.8. The van der Waals surface area contributed by atoms with Gasteiger partial charge in [0.05, 0.1) is 46.6 Å². The average molecular weight is 580 g/mol. The summed E-state index contributed by atoms with van der Waals surface area (Å²) in [5.74, 6) is 1.77. The first-order valence-electron chi connectivity index (χ1n) is 14.5. The van der Waals surface area contributed by atoms with Crippen molar-refractivity contribution in [1.29, 1.82) is 0 Å². The molecule has 1 N–H and O–H groups in total. The molecule has 7 rings (SSSR count). The molecule has 3 atom stereocenters. The van der Waals surface area contributed by atoms with E-state index in [1.807, 2.05) is 12.1 Å². The number of aromatic nitrogens is 6. The summed E-state index contributed by atoms with van der Waals surface area (Å²) in [6.07, 6.45) is 9.17. The molecule has 12 heteroatoms. The molecule has 3 aliphatic rings. The van der Waals surface area contributed by atoms with Gasteiger partial charge in [-0.25, -0.2) is 14.8 Å². The van der Waals surface area contributed by atoms with E-state index in [4.69, 9.17) is 35.6 Å². The fourth-order valence-corrected chi connectivity index (χ4v) is 6.82. The van der Waals surface area contributed by atoms with E-state index in [2.05, 4.69) is 38.4 Å². The highest BCUT2D eigenvalue weighted by Crippen LogP contribution is 2.39. The summed E-state index contributed by atoms with van der Waals surface area (Å²) in [6.45, 7) is 7.30. The normalized spacial score (nSPS) is 26.8. The Labute approximate surface area is 242 Å². The third-order valence-corrected chi connectivity index (χ3v) is 8.93. The smallest absolute Gasteiger partial charge is 0.379 e. The Hall–Kier alpha value is -3.28. The molecule has 41 heavy (non-hydrogen) atoms. The van der Waals surface area contributed by atoms with E-state index in [0.717, 1.165) is 41.4 Å². The predicted molar refractivity (Wildman–Crippen MR) is 154 cm³/mol. The Balaban J connectivity index is 1.44. The quantitative estimate of drug-likeness (QED) is 0.358. The molecular formula is C29H34ClN7O4. The monoisotopic (exact) mass is 579 g/mol. The maximum Gasteiger partial charge on any atom is 0.439 e. The molecule has 3 unspecified atom stereocenters. The van der Waals surface area contributed by atoms with Crippen LogP contribution in [-0.4, -0.2) is 67.7 Å². The second-order valence-corrected chi connectivity index (χ2v) is 12.2. The summed E-state index contributed by atoms with van der Waals surface area (Å²) >= 11 is 6.41. The standard InChI is InChI=1S/C29H34ClN7O4/c1-16-3-5-18(6-4-16)14-37-26-21(33-28(37)36-13-17(2)40-24-7-8-39-15-23(24)36)10-22(27-34-29(38)41-35-27)32-25(26)19-9-20(30)12-31-11-19/h9-12,16-18,23-24H,3-8,13-15H2,1-2H3,(H,34,35,38)/t16-,17?,18-,23?,24?. The van der Waals surface area contributed by atoms with E-state index in [-0.39, 0.29) is 24.1 Å². The van der Waals surface area contributed by atoms with Gasteiger partial charge in [-0.3, -0.25) is 14.5 Å². The number of fused-ring (bicyclic) bond motifs is 2. The Kier molecular flexibility index (Phi) is 7.04. The van der Waals surface area contributed by atoms with Crippen molar-refractivity contribution in [2.24, 2.45) is 11.8 Å². The number of hydrogen-bond donors (Lipinski definition) is 1. The van der Waals surface area contributed by atoms with E-state index in [1.165, 1.54) is 25.7 Å². The zero-order chi connectivity index (χ0) is 28.1. The number of pyridine rings is 2. The number of H-pyrrole nitrogens is 1. The number of halogens is 1. The van der Waals surface area contributed by atoms with Gasteiger partial charge in [0.2, 0.25) is 11.8 Å². The third-order valence-electron chi connectivity index (χ3n) is 8.72. The van der Waals surface area contributed by atoms with E-state index >= 15 is 0 Å². The Morgan fingerprint density at radius 3 is 2.73 bits per heavy atom. The molecule has 216 valence electrons. The number of rotatable bonds is 5. The van der Waals surface area contributed by atoms with Gasteiger partial charge in [0, 0.05) is 37.7 Å². The lowest BCUT2D eigenvalue weighted by molar-refractivity contribution is -0.0967. The van der Waals surface area contributed by atoms with Gasteiger partial charge in [0.15, 0.2) is 0 Å². The lowest BCUT2D eigenvalue weighted by atomic mass is 9.83. The lowest BCUT2D eigenvalue weighted by Crippen LogP contribution is -2.59. The Morgan fingerprint density at radius 2 is 1.95 bits per heavy atom. The first-order chi connectivity index (χ1) is 19.9. The SMILES string of the molecule is CC1CN(c2nc3cc(-c4noc(=O)[nH]4)nc(-c4cncc(Cl)c4)c3n2C[C@H]2CC[C@H](C)CC2)C2COCCC2O1. The predicted octanol–water partition coefficient (Wildman–Crippen LogP) is 4.70. The van der Waals surface area contributed by atoms with Crippen LogP contribution in [0.1, 0.15) is 46.0 Å². The minimum Gasteiger partial charge on any atom is -0.379 e. The number of ether oxygens (including phenoxy) is 2. The van der Waals surface area contributed by atoms with Gasteiger partial charge in [0.25, 0.3) is 0 Å². The highest BCUT2D eigenvalue weighted by Gasteiger charge is 2.40. The van der Waals surface area contributed by atoms with Gasteiger partial charge in [-0.05, 0) is 50.2 Å². The van der Waals surface area contributed by atoms with Gasteiger partial charge in [-0.15, -0.1) is 0 Å². The van der Waals surface area contributed by atoms with Gasteiger partial charge in [-0.2, -0.15) is 0 Å². The molecule has 3 fully saturated rings. The van der Waals surface area contributed by atoms with Crippen LogP contribution in [0.5, 0.6) is 0 Å². The van der Waals surface area contributed by atoms with Crippen molar-refractivity contribution in [3.63, 3.8) is 0 Å². The second kappa shape index (κ2) is 10.8. The van der Waals surface area contributed by atoms with Crippen molar-refractivity contribution < 1.29 is 14.0 Å². The second-order valence-electron chi connectivity index (χ2n) is 11.8. The van der Waals surface area contributed by atoms with Crippen molar-refractivity contribution in [3.05, 3.63) is 40.1 Å². The number of nitrogens with zero attached hydrogens (tertiary/aromatic N) is 6. The molecular weight excluding hydrogens is 546 g/mol.